The number of hydrogen-bond donors (Lipinski definition) is 0. The maximum absolute atomic E-state index is 12.0. The molecule has 0 fully saturated rings. The van der Waals surface area contributed by atoms with Gasteiger partial charge in [0.15, 0.2) is 39.3 Å². The molecule has 0 aliphatic rings. The van der Waals surface area contributed by atoms with E-state index in [1.165, 1.54) is 0 Å². The number of hydrogen-bond acceptors (Lipinski definition) is 8. The van der Waals surface area contributed by atoms with Gasteiger partial charge in [0.25, 0.3) is 0 Å². The first-order chi connectivity index (χ1) is 11.1. The zero-order chi connectivity index (χ0) is 20.2. The molecule has 0 aromatic rings. The van der Waals surface area contributed by atoms with Gasteiger partial charge in [-0.05, 0) is 0 Å². The van der Waals surface area contributed by atoms with Crippen molar-refractivity contribution >= 4 is 39.3 Å². The third-order valence-electron chi connectivity index (χ3n) is 3.05. The van der Waals surface area contributed by atoms with Crippen LogP contribution < -0.4 is 0 Å². The minimum atomic E-state index is -4.15. The van der Waals surface area contributed by atoms with E-state index in [0.29, 0.717) is 21.6 Å². The zero-order valence-corrected chi connectivity index (χ0v) is 18.4. The second-order valence-corrected chi connectivity index (χ2v) is 13.2. The maximum Gasteiger partial charge on any atom is 1.00 e. The Bertz CT molecular complexity index is 805. The van der Waals surface area contributed by atoms with E-state index in [-0.39, 0.29) is 22.4 Å². The molecule has 0 N–H and O–H groups in total. The van der Waals surface area contributed by atoms with Crippen molar-refractivity contribution in [1.29, 1.82) is 0 Å². The summed E-state index contributed by atoms with van der Waals surface area (Å²) in [4.78, 5) is 0. The van der Waals surface area contributed by atoms with Crippen LogP contribution in [0, 0.1) is 5.41 Å². The second kappa shape index (κ2) is 9.62. The fraction of sp³-hybridized carbons (Fsp3) is 0.385. The Balaban J connectivity index is 0. The van der Waals surface area contributed by atoms with Crippen LogP contribution in [0.4, 0.5) is 0 Å². The van der Waals surface area contributed by atoms with Gasteiger partial charge in [0, 0.05) is 27.0 Å². The molecule has 154 valence electrons. The molecular formula is C13H20AgO8S4+. The summed E-state index contributed by atoms with van der Waals surface area (Å²) in [6.45, 7) is 12.3. The van der Waals surface area contributed by atoms with E-state index in [2.05, 4.69) is 26.3 Å². The van der Waals surface area contributed by atoms with Gasteiger partial charge >= 0.3 is 22.4 Å². The summed E-state index contributed by atoms with van der Waals surface area (Å²) in [5, 5.41) is 2.01. The Kier molecular flexibility index (Phi) is 10.3. The summed E-state index contributed by atoms with van der Waals surface area (Å²) in [7, 11) is -16.6. The van der Waals surface area contributed by atoms with E-state index in [1.54, 1.807) is 0 Å². The van der Waals surface area contributed by atoms with Gasteiger partial charge in [-0.2, -0.15) is 0 Å². The molecule has 0 saturated heterocycles. The van der Waals surface area contributed by atoms with Gasteiger partial charge in [0.05, 0.1) is 23.0 Å². The summed E-state index contributed by atoms with van der Waals surface area (Å²) >= 11 is 0. The minimum absolute atomic E-state index is 0. The van der Waals surface area contributed by atoms with E-state index < -0.39 is 67.8 Å². The van der Waals surface area contributed by atoms with Crippen LogP contribution in [-0.4, -0.2) is 56.7 Å². The van der Waals surface area contributed by atoms with E-state index >= 15 is 0 Å². The van der Waals surface area contributed by atoms with Gasteiger partial charge in [0.1, 0.15) is 0 Å². The molecule has 0 aliphatic heterocycles. The van der Waals surface area contributed by atoms with E-state index in [1.807, 2.05) is 0 Å². The summed E-state index contributed by atoms with van der Waals surface area (Å²) in [5.41, 5.74) is -2.19. The average Bonchev–Trinajstić information content (AvgIpc) is 2.45. The van der Waals surface area contributed by atoms with Crippen molar-refractivity contribution in [2.45, 2.75) is 0 Å². The second-order valence-electron chi connectivity index (χ2n) is 5.40. The SMILES string of the molecule is C=CS(=O)(=O)CC(CS(=O)(=O)C=C)(CS(=O)(=O)C=C)CS(=O)(=O)C=C.[Ag+]. The normalized spacial score (nSPS) is 13.2. The summed E-state index contributed by atoms with van der Waals surface area (Å²) < 4.78 is 95.7. The van der Waals surface area contributed by atoms with Crippen LogP contribution in [0.1, 0.15) is 0 Å². The van der Waals surface area contributed by atoms with Crippen LogP contribution in [0.5, 0.6) is 0 Å². The van der Waals surface area contributed by atoms with Gasteiger partial charge in [0.2, 0.25) is 0 Å². The molecule has 26 heavy (non-hydrogen) atoms. The molecule has 8 nitrogen and oxygen atoms in total. The molecule has 0 aromatic carbocycles. The Hall–Kier alpha value is -0.500. The molecular weight excluding hydrogens is 520 g/mol. The maximum atomic E-state index is 12.0. The molecule has 0 atom stereocenters. The molecule has 0 aliphatic carbocycles. The third kappa shape index (κ3) is 9.44. The molecule has 0 unspecified atom stereocenters. The molecule has 0 amide bonds. The van der Waals surface area contributed by atoms with Crippen LogP contribution in [0.3, 0.4) is 0 Å². The molecule has 0 bridgehead atoms. The van der Waals surface area contributed by atoms with E-state index in [0.717, 1.165) is 0 Å². The largest absolute Gasteiger partial charge is 1.00 e. The third-order valence-corrected chi connectivity index (χ3v) is 9.14. The van der Waals surface area contributed by atoms with Crippen molar-refractivity contribution in [2.75, 3.05) is 23.0 Å². The van der Waals surface area contributed by atoms with Crippen molar-refractivity contribution < 1.29 is 56.1 Å². The standard InChI is InChI=1S/C13H20O8S4.Ag/c1-5-22(14,15)9-13(10-23(16,17)6-2,11-24(18,19)7-3)12-25(20,21)8-4;/h5-8H,1-4,9-12H2;/q;+1. The fourth-order valence-electron chi connectivity index (χ4n) is 2.19. The van der Waals surface area contributed by atoms with Crippen molar-refractivity contribution in [1.82, 2.24) is 0 Å². The predicted molar refractivity (Wildman–Crippen MR) is 98.4 cm³/mol. The van der Waals surface area contributed by atoms with E-state index in [4.69, 9.17) is 0 Å². The van der Waals surface area contributed by atoms with Gasteiger partial charge in [-0.1, -0.05) is 26.3 Å². The monoisotopic (exact) mass is 539 g/mol. The minimum Gasteiger partial charge on any atom is -0.224 e. The van der Waals surface area contributed by atoms with Gasteiger partial charge in [-0.15, -0.1) is 0 Å². The Labute approximate surface area is 170 Å². The summed E-state index contributed by atoms with van der Waals surface area (Å²) in [5.74, 6) is -4.24. The van der Waals surface area contributed by atoms with Gasteiger partial charge in [-0.3, -0.25) is 0 Å². The van der Waals surface area contributed by atoms with Crippen LogP contribution in [0.15, 0.2) is 47.9 Å². The molecule has 0 heterocycles. The topological polar surface area (TPSA) is 137 Å². The van der Waals surface area contributed by atoms with Gasteiger partial charge < -0.3 is 0 Å². The Morgan fingerprint density at radius 1 is 0.500 bits per heavy atom. The zero-order valence-electron chi connectivity index (χ0n) is 13.7. The molecule has 13 heteroatoms. The van der Waals surface area contributed by atoms with Crippen LogP contribution in [0.2, 0.25) is 0 Å². The quantitative estimate of drug-likeness (QED) is 0.321. The smallest absolute Gasteiger partial charge is 0.224 e. The number of rotatable bonds is 12. The molecule has 0 spiro atoms. The molecule has 0 radical (unpaired) electrons. The summed E-state index contributed by atoms with van der Waals surface area (Å²) in [6.07, 6.45) is 0. The first kappa shape index (κ1) is 27.7. The number of sulfone groups is 4. The molecule has 0 saturated carbocycles. The van der Waals surface area contributed by atoms with Gasteiger partial charge in [-0.25, -0.2) is 33.7 Å². The van der Waals surface area contributed by atoms with E-state index in [9.17, 15) is 33.7 Å². The first-order valence-corrected chi connectivity index (χ1v) is 13.3. The summed E-state index contributed by atoms with van der Waals surface area (Å²) in [6, 6.07) is 0. The van der Waals surface area contributed by atoms with Crippen LogP contribution >= 0.6 is 0 Å². The fourth-order valence-corrected chi connectivity index (χ4v) is 8.08. The Morgan fingerprint density at radius 3 is 0.769 bits per heavy atom. The first-order valence-electron chi connectivity index (χ1n) is 6.48. The molecule has 0 rings (SSSR count). The van der Waals surface area contributed by atoms with Crippen molar-refractivity contribution in [3.63, 3.8) is 0 Å². The van der Waals surface area contributed by atoms with Crippen LogP contribution in [-0.2, 0) is 61.7 Å². The van der Waals surface area contributed by atoms with Crippen molar-refractivity contribution in [3.8, 4) is 0 Å². The van der Waals surface area contributed by atoms with Crippen molar-refractivity contribution in [3.05, 3.63) is 47.9 Å². The molecule has 0 aromatic heterocycles. The average molecular weight is 540 g/mol. The predicted octanol–water partition coefficient (Wildman–Crippen LogP) is 0.204. The van der Waals surface area contributed by atoms with Crippen LogP contribution in [0.25, 0.3) is 0 Å². The Morgan fingerprint density at radius 2 is 0.654 bits per heavy atom. The van der Waals surface area contributed by atoms with Crippen molar-refractivity contribution in [2.24, 2.45) is 5.41 Å².